The van der Waals surface area contributed by atoms with Gasteiger partial charge in [0.15, 0.2) is 18.1 Å². The number of nitrogens with zero attached hydrogens (tertiary/aromatic N) is 1. The Kier molecular flexibility index (Phi) is 4.89. The molecule has 2 aromatic carbocycles. The molecule has 0 fully saturated rings. The zero-order valence-corrected chi connectivity index (χ0v) is 15.4. The molecule has 1 N–H and O–H groups in total. The molecule has 7 heteroatoms. The SMILES string of the molecule is Cn1c(=O)cc(OCC(=O)NC[C@H]2COc3ccccc3O2)c2ccccc21. The van der Waals surface area contributed by atoms with Crippen LogP contribution in [0.1, 0.15) is 0 Å². The summed E-state index contributed by atoms with van der Waals surface area (Å²) in [6.07, 6.45) is -0.274. The highest BCUT2D eigenvalue weighted by molar-refractivity contribution is 5.86. The first-order chi connectivity index (χ1) is 13.6. The van der Waals surface area contributed by atoms with Gasteiger partial charge in [-0.2, -0.15) is 0 Å². The Morgan fingerprint density at radius 1 is 1.18 bits per heavy atom. The van der Waals surface area contributed by atoms with Gasteiger partial charge in [0, 0.05) is 18.5 Å². The van der Waals surface area contributed by atoms with E-state index in [9.17, 15) is 9.59 Å². The van der Waals surface area contributed by atoms with Gasteiger partial charge < -0.3 is 24.1 Å². The number of carbonyl (C=O) groups excluding carboxylic acids is 1. The van der Waals surface area contributed by atoms with Gasteiger partial charge in [-0.3, -0.25) is 9.59 Å². The Balaban J connectivity index is 1.35. The summed E-state index contributed by atoms with van der Waals surface area (Å²) in [5.41, 5.74) is 0.553. The zero-order valence-electron chi connectivity index (χ0n) is 15.4. The van der Waals surface area contributed by atoms with Crippen molar-refractivity contribution in [1.82, 2.24) is 9.88 Å². The number of pyridine rings is 1. The summed E-state index contributed by atoms with van der Waals surface area (Å²) in [4.78, 5) is 24.3. The molecule has 0 unspecified atom stereocenters. The van der Waals surface area contributed by atoms with E-state index in [1.54, 1.807) is 11.6 Å². The van der Waals surface area contributed by atoms with E-state index in [-0.39, 0.29) is 24.2 Å². The van der Waals surface area contributed by atoms with Crippen LogP contribution in [-0.2, 0) is 11.8 Å². The summed E-state index contributed by atoms with van der Waals surface area (Å²) < 4.78 is 18.6. The molecule has 3 aromatic rings. The van der Waals surface area contributed by atoms with E-state index in [2.05, 4.69) is 5.32 Å². The fraction of sp³-hybridized carbons (Fsp3) is 0.238. The van der Waals surface area contributed by atoms with E-state index in [4.69, 9.17) is 14.2 Å². The van der Waals surface area contributed by atoms with Crippen molar-refractivity contribution in [3.05, 3.63) is 65.0 Å². The predicted molar refractivity (Wildman–Crippen MR) is 104 cm³/mol. The number of aromatic nitrogens is 1. The van der Waals surface area contributed by atoms with Gasteiger partial charge in [0.2, 0.25) is 0 Å². The van der Waals surface area contributed by atoms with Gasteiger partial charge in [0.05, 0.1) is 12.1 Å². The highest BCUT2D eigenvalue weighted by Crippen LogP contribution is 2.30. The summed E-state index contributed by atoms with van der Waals surface area (Å²) >= 11 is 0. The van der Waals surface area contributed by atoms with Crippen LogP contribution < -0.4 is 25.1 Å². The number of nitrogens with one attached hydrogen (secondary N) is 1. The molecule has 0 radical (unpaired) electrons. The number of amides is 1. The Hall–Kier alpha value is -3.48. The van der Waals surface area contributed by atoms with Gasteiger partial charge in [-0.25, -0.2) is 0 Å². The van der Waals surface area contributed by atoms with Gasteiger partial charge in [0.1, 0.15) is 18.5 Å². The average molecular weight is 380 g/mol. The molecule has 28 heavy (non-hydrogen) atoms. The van der Waals surface area contributed by atoms with Crippen molar-refractivity contribution in [3.63, 3.8) is 0 Å². The number of para-hydroxylation sites is 3. The molecule has 1 aliphatic rings. The first-order valence-electron chi connectivity index (χ1n) is 8.98. The van der Waals surface area contributed by atoms with Crippen molar-refractivity contribution in [2.75, 3.05) is 19.8 Å². The molecule has 1 aromatic heterocycles. The van der Waals surface area contributed by atoms with Crippen LogP contribution in [0.3, 0.4) is 0 Å². The van der Waals surface area contributed by atoms with Crippen LogP contribution >= 0.6 is 0 Å². The van der Waals surface area contributed by atoms with Gasteiger partial charge in [-0.1, -0.05) is 24.3 Å². The highest BCUT2D eigenvalue weighted by atomic mass is 16.6. The second-order valence-corrected chi connectivity index (χ2v) is 6.51. The molecule has 2 heterocycles. The van der Waals surface area contributed by atoms with Crippen molar-refractivity contribution in [2.45, 2.75) is 6.10 Å². The van der Waals surface area contributed by atoms with Crippen molar-refractivity contribution in [3.8, 4) is 17.2 Å². The van der Waals surface area contributed by atoms with E-state index in [1.165, 1.54) is 6.07 Å². The molecule has 0 spiro atoms. The van der Waals surface area contributed by atoms with Crippen molar-refractivity contribution >= 4 is 16.8 Å². The number of hydrogen-bond acceptors (Lipinski definition) is 5. The number of benzene rings is 2. The van der Waals surface area contributed by atoms with Crippen molar-refractivity contribution < 1.29 is 19.0 Å². The second-order valence-electron chi connectivity index (χ2n) is 6.51. The normalized spacial score (nSPS) is 15.2. The van der Waals surface area contributed by atoms with E-state index >= 15 is 0 Å². The number of ether oxygens (including phenoxy) is 3. The molecule has 0 saturated heterocycles. The van der Waals surface area contributed by atoms with Crippen LogP contribution in [0, 0.1) is 0 Å². The fourth-order valence-electron chi connectivity index (χ4n) is 3.09. The number of hydrogen-bond donors (Lipinski definition) is 1. The zero-order chi connectivity index (χ0) is 19.5. The van der Waals surface area contributed by atoms with E-state index in [0.29, 0.717) is 30.4 Å². The Morgan fingerprint density at radius 2 is 1.93 bits per heavy atom. The second kappa shape index (κ2) is 7.64. The smallest absolute Gasteiger partial charge is 0.258 e. The van der Waals surface area contributed by atoms with Crippen LogP contribution in [0.5, 0.6) is 17.2 Å². The fourth-order valence-corrected chi connectivity index (χ4v) is 3.09. The average Bonchev–Trinajstić information content (AvgIpc) is 2.73. The minimum atomic E-state index is -0.299. The molecule has 144 valence electrons. The lowest BCUT2D eigenvalue weighted by atomic mass is 10.2. The van der Waals surface area contributed by atoms with Crippen LogP contribution in [0.2, 0.25) is 0 Å². The van der Waals surface area contributed by atoms with Gasteiger partial charge in [0.25, 0.3) is 11.5 Å². The molecule has 1 atom stereocenters. The molecule has 4 rings (SSSR count). The maximum absolute atomic E-state index is 12.2. The maximum atomic E-state index is 12.2. The Morgan fingerprint density at radius 3 is 2.79 bits per heavy atom. The van der Waals surface area contributed by atoms with Crippen molar-refractivity contribution in [2.24, 2.45) is 7.05 Å². The van der Waals surface area contributed by atoms with Gasteiger partial charge >= 0.3 is 0 Å². The molecule has 0 aliphatic carbocycles. The summed E-state index contributed by atoms with van der Waals surface area (Å²) in [6, 6.07) is 16.2. The lowest BCUT2D eigenvalue weighted by Gasteiger charge is -2.26. The predicted octanol–water partition coefficient (Wildman–Crippen LogP) is 1.87. The molecular formula is C21H20N2O5. The molecule has 0 saturated carbocycles. The summed E-state index contributed by atoms with van der Waals surface area (Å²) in [6.45, 7) is 0.465. The number of rotatable bonds is 5. The maximum Gasteiger partial charge on any atom is 0.258 e. The van der Waals surface area contributed by atoms with Crippen LogP contribution in [0.15, 0.2) is 59.4 Å². The van der Waals surface area contributed by atoms with Crippen molar-refractivity contribution in [1.29, 1.82) is 0 Å². The molecular weight excluding hydrogens is 360 g/mol. The van der Waals surface area contributed by atoms with Gasteiger partial charge in [-0.05, 0) is 24.3 Å². The first kappa shape index (κ1) is 17.9. The quantitative estimate of drug-likeness (QED) is 0.731. The minimum Gasteiger partial charge on any atom is -0.486 e. The third-order valence-corrected chi connectivity index (χ3v) is 4.57. The number of fused-ring (bicyclic) bond motifs is 2. The summed E-state index contributed by atoms with van der Waals surface area (Å²) in [5, 5.41) is 3.55. The largest absolute Gasteiger partial charge is 0.486 e. The van der Waals surface area contributed by atoms with E-state index in [1.807, 2.05) is 48.5 Å². The number of carbonyl (C=O) groups is 1. The van der Waals surface area contributed by atoms with Gasteiger partial charge in [-0.15, -0.1) is 0 Å². The standard InChI is InChI=1S/C21H20N2O5/c1-23-16-7-3-2-6-15(16)19(10-21(23)25)27-13-20(24)22-11-14-12-26-17-8-4-5-9-18(17)28-14/h2-10,14H,11-13H2,1H3,(H,22,24)/t14-/m0/s1. The first-order valence-corrected chi connectivity index (χ1v) is 8.98. The number of aryl methyl sites for hydroxylation is 1. The third kappa shape index (κ3) is 3.64. The Bertz CT molecular complexity index is 1080. The monoisotopic (exact) mass is 380 g/mol. The molecule has 0 bridgehead atoms. The van der Waals surface area contributed by atoms with E-state index in [0.717, 1.165) is 10.9 Å². The topological polar surface area (TPSA) is 78.8 Å². The lowest BCUT2D eigenvalue weighted by molar-refractivity contribution is -0.123. The summed E-state index contributed by atoms with van der Waals surface area (Å²) in [7, 11) is 1.70. The Labute approximate surface area is 161 Å². The highest BCUT2D eigenvalue weighted by Gasteiger charge is 2.21. The van der Waals surface area contributed by atoms with Crippen LogP contribution in [0.4, 0.5) is 0 Å². The molecule has 7 nitrogen and oxygen atoms in total. The lowest BCUT2D eigenvalue weighted by Crippen LogP contribution is -2.42. The van der Waals surface area contributed by atoms with E-state index < -0.39 is 0 Å². The third-order valence-electron chi connectivity index (χ3n) is 4.57. The molecule has 1 amide bonds. The van der Waals surface area contributed by atoms with Crippen LogP contribution in [0.25, 0.3) is 10.9 Å². The minimum absolute atomic E-state index is 0.193. The summed E-state index contributed by atoms with van der Waals surface area (Å²) in [5.74, 6) is 1.45. The molecule has 1 aliphatic heterocycles. The van der Waals surface area contributed by atoms with Crippen LogP contribution in [-0.4, -0.2) is 36.3 Å².